The van der Waals surface area contributed by atoms with Crippen molar-refractivity contribution < 1.29 is 4.42 Å². The number of furan rings is 1. The summed E-state index contributed by atoms with van der Waals surface area (Å²) in [6, 6.07) is 14.2. The minimum atomic E-state index is 0.794. The van der Waals surface area contributed by atoms with E-state index in [2.05, 4.69) is 41.9 Å². The van der Waals surface area contributed by atoms with E-state index in [0.29, 0.717) is 0 Å². The fourth-order valence-electron chi connectivity index (χ4n) is 3.35. The standard InChI is InChI=1S/C22H26N4O/c1-3-5-13-25(14-6-4-2)22-12-11-21-23-16-18(26(21)24-22)20-15-17-9-7-8-10-19(17)27-20/h7-12,15-16H,3-6,13-14H2,1-2H3. The van der Waals surface area contributed by atoms with Crippen molar-refractivity contribution in [3.8, 4) is 11.5 Å². The van der Waals surface area contributed by atoms with Crippen LogP contribution in [-0.2, 0) is 0 Å². The van der Waals surface area contributed by atoms with E-state index in [1.165, 1.54) is 25.7 Å². The number of hydrogen-bond donors (Lipinski definition) is 0. The fourth-order valence-corrected chi connectivity index (χ4v) is 3.35. The summed E-state index contributed by atoms with van der Waals surface area (Å²) in [5.41, 5.74) is 2.60. The third-order valence-electron chi connectivity index (χ3n) is 4.91. The minimum Gasteiger partial charge on any atom is -0.454 e. The summed E-state index contributed by atoms with van der Waals surface area (Å²) in [7, 11) is 0. The lowest BCUT2D eigenvalue weighted by molar-refractivity contribution is 0.624. The van der Waals surface area contributed by atoms with Crippen molar-refractivity contribution in [2.24, 2.45) is 0 Å². The predicted octanol–water partition coefficient (Wildman–Crippen LogP) is 5.55. The monoisotopic (exact) mass is 362 g/mol. The van der Waals surface area contributed by atoms with Gasteiger partial charge >= 0.3 is 0 Å². The zero-order chi connectivity index (χ0) is 18.6. The van der Waals surface area contributed by atoms with Crippen molar-refractivity contribution in [2.75, 3.05) is 18.0 Å². The summed E-state index contributed by atoms with van der Waals surface area (Å²) < 4.78 is 7.94. The van der Waals surface area contributed by atoms with Crippen LogP contribution in [0, 0.1) is 0 Å². The van der Waals surface area contributed by atoms with Gasteiger partial charge in [-0.15, -0.1) is 5.10 Å². The van der Waals surface area contributed by atoms with Crippen LogP contribution in [-0.4, -0.2) is 27.7 Å². The highest BCUT2D eigenvalue weighted by molar-refractivity contribution is 5.82. The van der Waals surface area contributed by atoms with Gasteiger partial charge in [0.2, 0.25) is 0 Å². The minimum absolute atomic E-state index is 0.794. The molecule has 1 aromatic carbocycles. The molecule has 4 aromatic rings. The molecule has 3 heterocycles. The van der Waals surface area contributed by atoms with Crippen molar-refractivity contribution in [1.82, 2.24) is 14.6 Å². The van der Waals surface area contributed by atoms with Gasteiger partial charge in [0.1, 0.15) is 17.1 Å². The molecule has 140 valence electrons. The van der Waals surface area contributed by atoms with Crippen molar-refractivity contribution in [3.63, 3.8) is 0 Å². The second-order valence-electron chi connectivity index (χ2n) is 6.95. The molecule has 0 atom stereocenters. The molecule has 0 fully saturated rings. The molecule has 0 spiro atoms. The highest BCUT2D eigenvalue weighted by Gasteiger charge is 2.14. The second-order valence-corrected chi connectivity index (χ2v) is 6.95. The van der Waals surface area contributed by atoms with Crippen molar-refractivity contribution >= 4 is 22.4 Å². The lowest BCUT2D eigenvalue weighted by atomic mass is 10.2. The zero-order valence-corrected chi connectivity index (χ0v) is 16.1. The number of unbranched alkanes of at least 4 members (excludes halogenated alkanes) is 2. The van der Waals surface area contributed by atoms with Gasteiger partial charge in [0.05, 0.1) is 6.20 Å². The SMILES string of the molecule is CCCCN(CCCC)c1ccc2ncc(-c3cc4ccccc4o3)n2n1. The molecule has 27 heavy (non-hydrogen) atoms. The fraction of sp³-hybridized carbons (Fsp3) is 0.364. The van der Waals surface area contributed by atoms with Crippen LogP contribution < -0.4 is 4.90 Å². The number of imidazole rings is 1. The van der Waals surface area contributed by atoms with Crippen LogP contribution in [0.3, 0.4) is 0 Å². The summed E-state index contributed by atoms with van der Waals surface area (Å²) in [4.78, 5) is 6.90. The Labute approximate surface area is 159 Å². The molecule has 0 unspecified atom stereocenters. The van der Waals surface area contributed by atoms with Crippen molar-refractivity contribution in [2.45, 2.75) is 39.5 Å². The Kier molecular flexibility index (Phi) is 5.10. The van der Waals surface area contributed by atoms with E-state index in [4.69, 9.17) is 9.52 Å². The van der Waals surface area contributed by atoms with E-state index in [-0.39, 0.29) is 0 Å². The molecule has 5 heteroatoms. The van der Waals surface area contributed by atoms with Gasteiger partial charge in [0.25, 0.3) is 0 Å². The first-order chi connectivity index (χ1) is 13.3. The number of para-hydroxylation sites is 1. The molecule has 0 N–H and O–H groups in total. The van der Waals surface area contributed by atoms with E-state index in [0.717, 1.165) is 47.0 Å². The van der Waals surface area contributed by atoms with Gasteiger partial charge in [-0.3, -0.25) is 0 Å². The number of aromatic nitrogens is 3. The predicted molar refractivity (Wildman–Crippen MR) is 110 cm³/mol. The quantitative estimate of drug-likeness (QED) is 0.412. The average Bonchev–Trinajstić information content (AvgIpc) is 3.31. The maximum Gasteiger partial charge on any atom is 0.155 e. The molecule has 0 aliphatic rings. The summed E-state index contributed by atoms with van der Waals surface area (Å²) in [5, 5.41) is 6.00. The maximum atomic E-state index is 6.04. The molecule has 0 amide bonds. The molecular formula is C22H26N4O. The summed E-state index contributed by atoms with van der Waals surface area (Å²) in [6.45, 7) is 6.52. The van der Waals surface area contributed by atoms with E-state index >= 15 is 0 Å². The lowest BCUT2D eigenvalue weighted by Gasteiger charge is -2.23. The Morgan fingerprint density at radius 1 is 1.00 bits per heavy atom. The molecule has 5 nitrogen and oxygen atoms in total. The van der Waals surface area contributed by atoms with Crippen LogP contribution in [0.4, 0.5) is 5.82 Å². The molecule has 0 saturated carbocycles. The Bertz CT molecular complexity index is 992. The Balaban J connectivity index is 1.73. The second kappa shape index (κ2) is 7.82. The first-order valence-electron chi connectivity index (χ1n) is 9.89. The highest BCUT2D eigenvalue weighted by Crippen LogP contribution is 2.28. The van der Waals surface area contributed by atoms with E-state index < -0.39 is 0 Å². The van der Waals surface area contributed by atoms with E-state index in [9.17, 15) is 0 Å². The normalized spacial score (nSPS) is 11.5. The molecular weight excluding hydrogens is 336 g/mol. The first kappa shape index (κ1) is 17.6. The molecule has 0 bridgehead atoms. The molecule has 0 aliphatic heterocycles. The summed E-state index contributed by atoms with van der Waals surface area (Å²) in [6.07, 6.45) is 6.54. The van der Waals surface area contributed by atoms with Gasteiger partial charge in [-0.05, 0) is 37.1 Å². The Hall–Kier alpha value is -2.82. The molecule has 0 aliphatic carbocycles. The topological polar surface area (TPSA) is 46.6 Å². The van der Waals surface area contributed by atoms with Crippen LogP contribution in [0.25, 0.3) is 28.1 Å². The maximum absolute atomic E-state index is 6.04. The first-order valence-corrected chi connectivity index (χ1v) is 9.89. The van der Waals surface area contributed by atoms with Gasteiger partial charge in [-0.2, -0.15) is 0 Å². The molecule has 3 aromatic heterocycles. The third-order valence-corrected chi connectivity index (χ3v) is 4.91. The number of fused-ring (bicyclic) bond motifs is 2. The number of benzene rings is 1. The Morgan fingerprint density at radius 3 is 2.52 bits per heavy atom. The number of nitrogens with zero attached hydrogens (tertiary/aromatic N) is 4. The number of hydrogen-bond acceptors (Lipinski definition) is 4. The zero-order valence-electron chi connectivity index (χ0n) is 16.1. The van der Waals surface area contributed by atoms with Crippen LogP contribution in [0.2, 0.25) is 0 Å². The largest absolute Gasteiger partial charge is 0.454 e. The number of rotatable bonds is 8. The van der Waals surface area contributed by atoms with Crippen LogP contribution in [0.5, 0.6) is 0 Å². The summed E-state index contributed by atoms with van der Waals surface area (Å²) in [5.74, 6) is 1.79. The molecule has 0 saturated heterocycles. The highest BCUT2D eigenvalue weighted by atomic mass is 16.3. The van der Waals surface area contributed by atoms with Gasteiger partial charge in [0, 0.05) is 18.5 Å². The number of anilines is 1. The van der Waals surface area contributed by atoms with Crippen LogP contribution >= 0.6 is 0 Å². The van der Waals surface area contributed by atoms with E-state index in [1.54, 1.807) is 0 Å². The van der Waals surface area contributed by atoms with Crippen molar-refractivity contribution in [1.29, 1.82) is 0 Å². The van der Waals surface area contributed by atoms with Gasteiger partial charge in [-0.1, -0.05) is 44.9 Å². The lowest BCUT2D eigenvalue weighted by Crippen LogP contribution is -2.27. The Morgan fingerprint density at radius 2 is 1.78 bits per heavy atom. The smallest absolute Gasteiger partial charge is 0.155 e. The molecule has 4 rings (SSSR count). The van der Waals surface area contributed by atoms with Crippen LogP contribution in [0.15, 0.2) is 53.1 Å². The van der Waals surface area contributed by atoms with Gasteiger partial charge in [0.15, 0.2) is 11.4 Å². The molecule has 0 radical (unpaired) electrons. The summed E-state index contributed by atoms with van der Waals surface area (Å²) >= 11 is 0. The van der Waals surface area contributed by atoms with Crippen molar-refractivity contribution in [3.05, 3.63) is 48.7 Å². The van der Waals surface area contributed by atoms with Crippen LogP contribution in [0.1, 0.15) is 39.5 Å². The van der Waals surface area contributed by atoms with Gasteiger partial charge in [-0.25, -0.2) is 9.50 Å². The van der Waals surface area contributed by atoms with E-state index in [1.807, 2.05) is 35.0 Å². The van der Waals surface area contributed by atoms with Gasteiger partial charge < -0.3 is 9.32 Å². The third kappa shape index (κ3) is 3.54. The average molecular weight is 362 g/mol.